The van der Waals surface area contributed by atoms with E-state index >= 15 is 0 Å². The van der Waals surface area contributed by atoms with Crippen LogP contribution < -0.4 is 9.47 Å². The number of benzene rings is 2. The first-order valence-electron chi connectivity index (χ1n) is 9.57. The van der Waals surface area contributed by atoms with E-state index in [1.807, 2.05) is 6.07 Å². The summed E-state index contributed by atoms with van der Waals surface area (Å²) in [6.45, 7) is -0.00696. The molecule has 9 heteroatoms. The highest BCUT2D eigenvalue weighted by atomic mass is 19.2. The van der Waals surface area contributed by atoms with Crippen LogP contribution in [-0.2, 0) is 6.61 Å². The summed E-state index contributed by atoms with van der Waals surface area (Å²) in [7, 11) is 1.58. The molecule has 5 aromatic rings. The molecular formula is C23H15F3N4O2. The normalized spacial score (nSPS) is 11.2. The van der Waals surface area contributed by atoms with Gasteiger partial charge in [0.1, 0.15) is 18.1 Å². The van der Waals surface area contributed by atoms with Crippen molar-refractivity contribution in [3.8, 4) is 22.6 Å². The maximum absolute atomic E-state index is 14.6. The van der Waals surface area contributed by atoms with Gasteiger partial charge in [-0.15, -0.1) is 10.2 Å². The zero-order valence-electron chi connectivity index (χ0n) is 16.7. The molecule has 0 fully saturated rings. The lowest BCUT2D eigenvalue weighted by Crippen LogP contribution is -2.03. The maximum Gasteiger partial charge on any atom is 0.197 e. The fourth-order valence-electron chi connectivity index (χ4n) is 3.43. The van der Waals surface area contributed by atoms with Crippen molar-refractivity contribution in [2.75, 3.05) is 7.11 Å². The monoisotopic (exact) mass is 436 g/mol. The van der Waals surface area contributed by atoms with Crippen LogP contribution in [0.2, 0.25) is 0 Å². The van der Waals surface area contributed by atoms with Crippen molar-refractivity contribution in [3.05, 3.63) is 84.2 Å². The minimum atomic E-state index is -1.02. The second kappa shape index (κ2) is 7.84. The molecule has 32 heavy (non-hydrogen) atoms. The molecule has 0 aliphatic heterocycles. The summed E-state index contributed by atoms with van der Waals surface area (Å²) in [6, 6.07) is 11.7. The number of methoxy groups -OCH3 is 1. The summed E-state index contributed by atoms with van der Waals surface area (Å²) < 4.78 is 54.1. The Morgan fingerprint density at radius 1 is 0.875 bits per heavy atom. The standard InChI is InChI=1S/C23H15F3N4O2/c1-31-15-3-4-16-20(10-15)27-7-6-21(16)32-12-22-28-29-23-19(26)9-14(11-30(22)23)13-2-5-17(24)18(25)8-13/h2-11H,12H2,1H3. The van der Waals surface area contributed by atoms with Crippen LogP contribution in [-0.4, -0.2) is 26.7 Å². The average molecular weight is 436 g/mol. The Bertz CT molecular complexity index is 1470. The van der Waals surface area contributed by atoms with Gasteiger partial charge < -0.3 is 9.47 Å². The first-order valence-corrected chi connectivity index (χ1v) is 9.57. The van der Waals surface area contributed by atoms with E-state index in [4.69, 9.17) is 9.47 Å². The van der Waals surface area contributed by atoms with E-state index in [9.17, 15) is 13.2 Å². The van der Waals surface area contributed by atoms with Gasteiger partial charge in [0, 0.05) is 29.4 Å². The van der Waals surface area contributed by atoms with E-state index in [1.54, 1.807) is 37.7 Å². The second-order valence-electron chi connectivity index (χ2n) is 7.00. The molecule has 3 heterocycles. The topological polar surface area (TPSA) is 61.5 Å². The fraction of sp³-hybridized carbons (Fsp3) is 0.0870. The summed E-state index contributed by atoms with van der Waals surface area (Å²) in [5.41, 5.74) is 1.36. The van der Waals surface area contributed by atoms with Crippen LogP contribution in [0, 0.1) is 17.5 Å². The van der Waals surface area contributed by atoms with Gasteiger partial charge in [-0.2, -0.15) is 0 Å². The highest BCUT2D eigenvalue weighted by molar-refractivity contribution is 5.85. The Hall–Kier alpha value is -4.14. The molecule has 0 unspecified atom stereocenters. The van der Waals surface area contributed by atoms with Crippen molar-refractivity contribution in [2.45, 2.75) is 6.61 Å². The number of pyridine rings is 2. The molecule has 5 rings (SSSR count). The van der Waals surface area contributed by atoms with Gasteiger partial charge >= 0.3 is 0 Å². The molecule has 0 radical (unpaired) electrons. The van der Waals surface area contributed by atoms with Gasteiger partial charge in [0.25, 0.3) is 0 Å². The largest absolute Gasteiger partial charge is 0.497 e. The molecule has 0 bridgehead atoms. The molecule has 0 saturated heterocycles. The molecule has 6 nitrogen and oxygen atoms in total. The number of halogens is 3. The molecule has 3 aromatic heterocycles. The van der Waals surface area contributed by atoms with Crippen LogP contribution >= 0.6 is 0 Å². The SMILES string of the molecule is COc1ccc2c(OCc3nnc4c(F)cc(-c5ccc(F)c(F)c5)cn34)ccnc2c1. The molecule has 160 valence electrons. The van der Waals surface area contributed by atoms with E-state index < -0.39 is 17.5 Å². The Kier molecular flexibility index (Phi) is 4.85. The Morgan fingerprint density at radius 3 is 2.53 bits per heavy atom. The van der Waals surface area contributed by atoms with Crippen LogP contribution in [0.1, 0.15) is 5.82 Å². The summed E-state index contributed by atoms with van der Waals surface area (Å²) in [4.78, 5) is 4.32. The van der Waals surface area contributed by atoms with Crippen LogP contribution in [0.15, 0.2) is 60.9 Å². The summed E-state index contributed by atoms with van der Waals surface area (Å²) in [5.74, 6) is -1.07. The third-order valence-corrected chi connectivity index (χ3v) is 5.05. The first kappa shape index (κ1) is 19.8. The molecule has 0 aliphatic carbocycles. The van der Waals surface area contributed by atoms with Crippen molar-refractivity contribution in [1.29, 1.82) is 0 Å². The molecule has 0 saturated carbocycles. The summed E-state index contributed by atoms with van der Waals surface area (Å²) in [5, 5.41) is 8.67. The van der Waals surface area contributed by atoms with Crippen LogP contribution in [0.3, 0.4) is 0 Å². The fourth-order valence-corrected chi connectivity index (χ4v) is 3.43. The zero-order valence-corrected chi connectivity index (χ0v) is 16.7. The molecule has 2 aromatic carbocycles. The van der Waals surface area contributed by atoms with Crippen molar-refractivity contribution in [2.24, 2.45) is 0 Å². The summed E-state index contributed by atoms with van der Waals surface area (Å²) in [6.07, 6.45) is 3.17. The van der Waals surface area contributed by atoms with Crippen molar-refractivity contribution in [3.63, 3.8) is 0 Å². The molecule has 0 atom stereocenters. The smallest absolute Gasteiger partial charge is 0.197 e. The first-order chi connectivity index (χ1) is 15.5. The Morgan fingerprint density at radius 2 is 1.72 bits per heavy atom. The van der Waals surface area contributed by atoms with E-state index in [0.29, 0.717) is 34.0 Å². The molecular weight excluding hydrogens is 421 g/mol. The van der Waals surface area contributed by atoms with Gasteiger partial charge in [-0.1, -0.05) is 6.07 Å². The molecule has 0 amide bonds. The predicted octanol–water partition coefficient (Wildman–Crippen LogP) is 4.95. The van der Waals surface area contributed by atoms with E-state index in [0.717, 1.165) is 17.5 Å². The van der Waals surface area contributed by atoms with Crippen LogP contribution in [0.4, 0.5) is 13.2 Å². The second-order valence-corrected chi connectivity index (χ2v) is 7.00. The van der Waals surface area contributed by atoms with Crippen molar-refractivity contribution >= 4 is 16.6 Å². The van der Waals surface area contributed by atoms with Gasteiger partial charge in [0.2, 0.25) is 0 Å². The predicted molar refractivity (Wildman–Crippen MR) is 111 cm³/mol. The highest BCUT2D eigenvalue weighted by Crippen LogP contribution is 2.28. The van der Waals surface area contributed by atoms with Crippen molar-refractivity contribution in [1.82, 2.24) is 19.6 Å². The molecule has 0 aliphatic rings. The average Bonchev–Trinajstić information content (AvgIpc) is 3.22. The number of ether oxygens (including phenoxy) is 2. The minimum absolute atomic E-state index is 0.000689. The van der Waals surface area contributed by atoms with Gasteiger partial charge in [0.15, 0.2) is 28.9 Å². The number of nitrogens with zero attached hydrogens (tertiary/aromatic N) is 4. The lowest BCUT2D eigenvalue weighted by molar-refractivity contribution is 0.298. The zero-order chi connectivity index (χ0) is 22.2. The van der Waals surface area contributed by atoms with Crippen LogP contribution in [0.25, 0.3) is 27.7 Å². The number of fused-ring (bicyclic) bond motifs is 2. The van der Waals surface area contributed by atoms with E-state index in [2.05, 4.69) is 15.2 Å². The van der Waals surface area contributed by atoms with Crippen molar-refractivity contribution < 1.29 is 22.6 Å². The number of hydrogen-bond acceptors (Lipinski definition) is 5. The van der Waals surface area contributed by atoms with E-state index in [1.165, 1.54) is 16.5 Å². The minimum Gasteiger partial charge on any atom is -0.497 e. The van der Waals surface area contributed by atoms with Gasteiger partial charge in [0.05, 0.1) is 12.6 Å². The lowest BCUT2D eigenvalue weighted by atomic mass is 10.1. The number of rotatable bonds is 5. The Balaban J connectivity index is 1.49. The third kappa shape index (κ3) is 3.47. The number of aromatic nitrogens is 4. The summed E-state index contributed by atoms with van der Waals surface area (Å²) >= 11 is 0. The Labute approximate surface area is 179 Å². The number of hydrogen-bond donors (Lipinski definition) is 0. The van der Waals surface area contributed by atoms with Gasteiger partial charge in [-0.25, -0.2) is 13.2 Å². The van der Waals surface area contributed by atoms with Gasteiger partial charge in [-0.05, 0) is 42.0 Å². The van der Waals surface area contributed by atoms with Crippen LogP contribution in [0.5, 0.6) is 11.5 Å². The third-order valence-electron chi connectivity index (χ3n) is 5.05. The quantitative estimate of drug-likeness (QED) is 0.390. The molecule has 0 N–H and O–H groups in total. The molecule has 0 spiro atoms. The highest BCUT2D eigenvalue weighted by Gasteiger charge is 2.15. The lowest BCUT2D eigenvalue weighted by Gasteiger charge is -2.10. The van der Waals surface area contributed by atoms with Gasteiger partial charge in [-0.3, -0.25) is 9.38 Å². The van der Waals surface area contributed by atoms with E-state index in [-0.39, 0.29) is 12.3 Å². The maximum atomic E-state index is 14.6.